The van der Waals surface area contributed by atoms with Gasteiger partial charge in [0, 0.05) is 0 Å². The van der Waals surface area contributed by atoms with Crippen molar-refractivity contribution >= 4 is 5.97 Å². The molecular weight excluding hydrogens is 239 g/mol. The van der Waals surface area contributed by atoms with Crippen LogP contribution in [0.5, 0.6) is 0 Å². The molecule has 1 aromatic rings. The van der Waals surface area contributed by atoms with Crippen molar-refractivity contribution in [2.45, 2.75) is 18.5 Å². The van der Waals surface area contributed by atoms with Gasteiger partial charge in [0.2, 0.25) is 6.17 Å². The summed E-state index contributed by atoms with van der Waals surface area (Å²) < 4.78 is 61.5. The molecule has 0 aromatic carbocycles. The van der Waals surface area contributed by atoms with Gasteiger partial charge in [0.05, 0.1) is 5.69 Å². The lowest BCUT2D eigenvalue weighted by Crippen LogP contribution is -2.32. The molecule has 90 valence electrons. The first kappa shape index (κ1) is 12.4. The Morgan fingerprint density at radius 3 is 2.38 bits per heavy atom. The molecule has 0 radical (unpaired) electrons. The number of nitrogens with one attached hydrogen (secondary N) is 1. The second-order valence-corrected chi connectivity index (χ2v) is 2.85. The number of alkyl halides is 5. The monoisotopic (exact) mass is 244 g/mol. The SMILES string of the molecule is O=C(O)c1cc(C(F)C(F)(F)C(F)F)[nH]n1. The molecule has 0 spiro atoms. The van der Waals surface area contributed by atoms with Gasteiger partial charge in [0.1, 0.15) is 0 Å². The number of aromatic amines is 1. The van der Waals surface area contributed by atoms with Gasteiger partial charge in [-0.05, 0) is 6.07 Å². The van der Waals surface area contributed by atoms with Gasteiger partial charge in [-0.25, -0.2) is 18.0 Å². The van der Waals surface area contributed by atoms with Crippen molar-refractivity contribution in [1.82, 2.24) is 10.2 Å². The van der Waals surface area contributed by atoms with Crippen LogP contribution in [0.4, 0.5) is 22.0 Å². The summed E-state index contributed by atoms with van der Waals surface area (Å²) in [7, 11) is 0. The molecule has 1 unspecified atom stereocenters. The minimum atomic E-state index is -4.90. The summed E-state index contributed by atoms with van der Waals surface area (Å²) in [6.45, 7) is 0. The van der Waals surface area contributed by atoms with Gasteiger partial charge < -0.3 is 5.11 Å². The van der Waals surface area contributed by atoms with Crippen LogP contribution in [0.1, 0.15) is 22.4 Å². The van der Waals surface area contributed by atoms with Crippen LogP contribution in [-0.4, -0.2) is 33.6 Å². The molecule has 0 aliphatic rings. The third-order valence-corrected chi connectivity index (χ3v) is 1.72. The highest BCUT2D eigenvalue weighted by Crippen LogP contribution is 2.38. The third kappa shape index (κ3) is 2.12. The highest BCUT2D eigenvalue weighted by molar-refractivity contribution is 5.85. The Morgan fingerprint density at radius 2 is 2.00 bits per heavy atom. The molecule has 0 bridgehead atoms. The van der Waals surface area contributed by atoms with Gasteiger partial charge in [-0.15, -0.1) is 0 Å². The highest BCUT2D eigenvalue weighted by atomic mass is 19.3. The summed E-state index contributed by atoms with van der Waals surface area (Å²) in [4.78, 5) is 10.3. The van der Waals surface area contributed by atoms with E-state index < -0.39 is 35.9 Å². The predicted octanol–water partition coefficient (Wildman–Crippen LogP) is 2.02. The van der Waals surface area contributed by atoms with E-state index >= 15 is 0 Å². The lowest BCUT2D eigenvalue weighted by atomic mass is 10.1. The first-order valence-electron chi connectivity index (χ1n) is 3.85. The largest absolute Gasteiger partial charge is 0.476 e. The van der Waals surface area contributed by atoms with Crippen LogP contribution < -0.4 is 0 Å². The minimum absolute atomic E-state index is 0.434. The molecular formula is C7H5F5N2O2. The molecule has 0 amide bonds. The van der Waals surface area contributed by atoms with Gasteiger partial charge in [-0.1, -0.05) is 0 Å². The van der Waals surface area contributed by atoms with Crippen molar-refractivity contribution in [2.24, 2.45) is 0 Å². The Hall–Kier alpha value is -1.67. The summed E-state index contributed by atoms with van der Waals surface area (Å²) in [5, 5.41) is 12.9. The van der Waals surface area contributed by atoms with E-state index in [4.69, 9.17) is 5.11 Å². The lowest BCUT2D eigenvalue weighted by molar-refractivity contribution is -0.173. The molecule has 0 aliphatic carbocycles. The zero-order chi connectivity index (χ0) is 12.5. The molecule has 1 atom stereocenters. The number of carbonyl (C=O) groups is 1. The standard InChI is InChI=1S/C7H5F5N2O2/c8-4(7(11,12)6(9)10)2-1-3(5(15)16)14-13-2/h1,4,6H,(H,13,14)(H,15,16). The maximum atomic E-state index is 12.9. The smallest absolute Gasteiger partial charge is 0.356 e. The zero-order valence-electron chi connectivity index (χ0n) is 7.42. The van der Waals surface area contributed by atoms with E-state index in [0.29, 0.717) is 6.07 Å². The molecule has 0 aliphatic heterocycles. The van der Waals surface area contributed by atoms with Crippen molar-refractivity contribution in [2.75, 3.05) is 0 Å². The number of rotatable bonds is 4. The first-order chi connectivity index (χ1) is 7.26. The van der Waals surface area contributed by atoms with Gasteiger partial charge in [-0.3, -0.25) is 5.10 Å². The maximum Gasteiger partial charge on any atom is 0.356 e. The van der Waals surface area contributed by atoms with Crippen LogP contribution >= 0.6 is 0 Å². The van der Waals surface area contributed by atoms with E-state index in [-0.39, 0.29) is 0 Å². The van der Waals surface area contributed by atoms with E-state index in [1.54, 1.807) is 5.10 Å². The van der Waals surface area contributed by atoms with Crippen LogP contribution in [0.25, 0.3) is 0 Å². The zero-order valence-corrected chi connectivity index (χ0v) is 7.42. The third-order valence-electron chi connectivity index (χ3n) is 1.72. The Morgan fingerprint density at radius 1 is 1.44 bits per heavy atom. The molecule has 4 nitrogen and oxygen atoms in total. The number of halogens is 5. The van der Waals surface area contributed by atoms with Crippen molar-refractivity contribution in [1.29, 1.82) is 0 Å². The predicted molar refractivity (Wildman–Crippen MR) is 40.3 cm³/mol. The Labute approximate surface area is 85.1 Å². The van der Waals surface area contributed by atoms with Gasteiger partial charge in [0.15, 0.2) is 5.69 Å². The topological polar surface area (TPSA) is 66.0 Å². The second kappa shape index (κ2) is 4.06. The average molecular weight is 244 g/mol. The second-order valence-electron chi connectivity index (χ2n) is 2.85. The molecule has 1 heterocycles. The number of carboxylic acids is 1. The Kier molecular flexibility index (Phi) is 3.15. The van der Waals surface area contributed by atoms with Crippen LogP contribution in [-0.2, 0) is 0 Å². The van der Waals surface area contributed by atoms with Gasteiger partial charge in [-0.2, -0.15) is 13.9 Å². The van der Waals surface area contributed by atoms with E-state index in [1.165, 1.54) is 0 Å². The fourth-order valence-corrected chi connectivity index (χ4v) is 0.894. The molecule has 9 heteroatoms. The summed E-state index contributed by atoms with van der Waals surface area (Å²) in [6, 6.07) is 0.434. The highest BCUT2D eigenvalue weighted by Gasteiger charge is 2.51. The summed E-state index contributed by atoms with van der Waals surface area (Å²) >= 11 is 0. The fourth-order valence-electron chi connectivity index (χ4n) is 0.894. The van der Waals surface area contributed by atoms with Crippen molar-refractivity contribution < 1.29 is 31.9 Å². The minimum Gasteiger partial charge on any atom is -0.476 e. The van der Waals surface area contributed by atoms with Gasteiger partial charge >= 0.3 is 18.3 Å². The Balaban J connectivity index is 2.96. The molecule has 0 fully saturated rings. The van der Waals surface area contributed by atoms with Crippen molar-refractivity contribution in [3.63, 3.8) is 0 Å². The van der Waals surface area contributed by atoms with Gasteiger partial charge in [0.25, 0.3) is 0 Å². The molecule has 16 heavy (non-hydrogen) atoms. The van der Waals surface area contributed by atoms with Crippen molar-refractivity contribution in [3.8, 4) is 0 Å². The number of carboxylic acid groups (broad SMARTS) is 1. The van der Waals surface area contributed by atoms with Crippen molar-refractivity contribution in [3.05, 3.63) is 17.5 Å². The number of nitrogens with zero attached hydrogens (tertiary/aromatic N) is 1. The number of aromatic nitrogens is 2. The number of hydrogen-bond donors (Lipinski definition) is 2. The van der Waals surface area contributed by atoms with E-state index in [9.17, 15) is 26.7 Å². The van der Waals surface area contributed by atoms with Crippen LogP contribution in [0.3, 0.4) is 0 Å². The number of aromatic carboxylic acids is 1. The van der Waals surface area contributed by atoms with E-state index in [2.05, 4.69) is 5.10 Å². The summed E-state index contributed by atoms with van der Waals surface area (Å²) in [5.41, 5.74) is -1.74. The molecule has 2 N–H and O–H groups in total. The number of H-pyrrole nitrogens is 1. The van der Waals surface area contributed by atoms with E-state index in [1.807, 2.05) is 0 Å². The maximum absolute atomic E-state index is 12.9. The first-order valence-corrected chi connectivity index (χ1v) is 3.85. The Bertz CT molecular complexity index is 392. The summed E-state index contributed by atoms with van der Waals surface area (Å²) in [5.74, 6) is -6.49. The van der Waals surface area contributed by atoms with Crippen LogP contribution in [0.2, 0.25) is 0 Å². The summed E-state index contributed by atoms with van der Waals surface area (Å²) in [6.07, 6.45) is -7.54. The lowest BCUT2D eigenvalue weighted by Gasteiger charge is -2.18. The molecule has 0 saturated carbocycles. The average Bonchev–Trinajstić information content (AvgIpc) is 2.64. The fraction of sp³-hybridized carbons (Fsp3) is 0.429. The molecule has 1 rings (SSSR count). The quantitative estimate of drug-likeness (QED) is 0.796. The van der Waals surface area contributed by atoms with E-state index in [0.717, 1.165) is 0 Å². The molecule has 1 aromatic heterocycles. The molecule has 0 saturated heterocycles. The normalized spacial score (nSPS) is 14.1. The van der Waals surface area contributed by atoms with Crippen LogP contribution in [0, 0.1) is 0 Å². The van der Waals surface area contributed by atoms with Crippen LogP contribution in [0.15, 0.2) is 6.07 Å². The number of hydrogen-bond acceptors (Lipinski definition) is 2.